The third-order valence-electron chi connectivity index (χ3n) is 3.88. The van der Waals surface area contributed by atoms with E-state index in [1.807, 2.05) is 0 Å². The summed E-state index contributed by atoms with van der Waals surface area (Å²) in [7, 11) is 4.25. The molecule has 0 radical (unpaired) electrons. The Morgan fingerprint density at radius 2 is 1.90 bits per heavy atom. The van der Waals surface area contributed by atoms with Crippen LogP contribution in [0.1, 0.15) is 27.7 Å². The van der Waals surface area contributed by atoms with Gasteiger partial charge in [-0.3, -0.25) is 0 Å². The van der Waals surface area contributed by atoms with E-state index in [2.05, 4.69) is 81.7 Å². The molecule has 0 saturated heterocycles. The first-order valence-electron chi connectivity index (χ1n) is 7.22. The summed E-state index contributed by atoms with van der Waals surface area (Å²) in [4.78, 5) is 2.26. The number of nitrogens with zero attached hydrogens (tertiary/aromatic N) is 2. The zero-order valence-electron chi connectivity index (χ0n) is 13.5. The van der Waals surface area contributed by atoms with E-state index in [0.717, 1.165) is 12.3 Å². The van der Waals surface area contributed by atoms with E-state index in [4.69, 9.17) is 4.74 Å². The van der Waals surface area contributed by atoms with Crippen LogP contribution >= 0.6 is 0 Å². The molecule has 2 aromatic rings. The lowest BCUT2D eigenvalue weighted by atomic mass is 10.0. The molecule has 0 amide bonds. The summed E-state index contributed by atoms with van der Waals surface area (Å²) >= 11 is 0. The lowest BCUT2D eigenvalue weighted by Crippen LogP contribution is -2.41. The van der Waals surface area contributed by atoms with Gasteiger partial charge in [0.1, 0.15) is 5.75 Å². The van der Waals surface area contributed by atoms with Gasteiger partial charge in [0.05, 0.1) is 6.10 Å². The molecule has 0 aliphatic heterocycles. The summed E-state index contributed by atoms with van der Waals surface area (Å²) in [6, 6.07) is 8.49. The van der Waals surface area contributed by atoms with Crippen LogP contribution in [0.25, 0.3) is 10.9 Å². The maximum atomic E-state index is 5.75. The fourth-order valence-corrected chi connectivity index (χ4v) is 2.22. The predicted molar refractivity (Wildman–Crippen MR) is 85.5 cm³/mol. The average Bonchev–Trinajstić information content (AvgIpc) is 2.70. The molecular formula is C17H26N2O. The Labute approximate surface area is 122 Å². The van der Waals surface area contributed by atoms with Gasteiger partial charge in [0, 0.05) is 29.2 Å². The van der Waals surface area contributed by atoms with E-state index in [-0.39, 0.29) is 11.6 Å². The number of ether oxygens (including phenoxy) is 1. The van der Waals surface area contributed by atoms with Crippen LogP contribution in [-0.4, -0.2) is 35.2 Å². The normalized spacial score (nSPS) is 12.6. The predicted octanol–water partition coefficient (Wildman–Crippen LogP) is 3.77. The van der Waals surface area contributed by atoms with Gasteiger partial charge in [-0.2, -0.15) is 0 Å². The van der Waals surface area contributed by atoms with Crippen molar-refractivity contribution in [1.29, 1.82) is 0 Å². The Morgan fingerprint density at radius 1 is 1.20 bits per heavy atom. The van der Waals surface area contributed by atoms with E-state index >= 15 is 0 Å². The van der Waals surface area contributed by atoms with E-state index in [9.17, 15) is 0 Å². The van der Waals surface area contributed by atoms with Crippen molar-refractivity contribution < 1.29 is 4.74 Å². The van der Waals surface area contributed by atoms with Crippen LogP contribution in [0, 0.1) is 0 Å². The average molecular weight is 274 g/mol. The highest BCUT2D eigenvalue weighted by atomic mass is 16.5. The van der Waals surface area contributed by atoms with Gasteiger partial charge in [-0.25, -0.2) is 0 Å². The van der Waals surface area contributed by atoms with Crippen molar-refractivity contribution in [2.24, 2.45) is 0 Å². The molecule has 110 valence electrons. The van der Waals surface area contributed by atoms with Gasteiger partial charge in [0.15, 0.2) is 0 Å². The lowest BCUT2D eigenvalue weighted by molar-refractivity contribution is 0.171. The van der Waals surface area contributed by atoms with Crippen LogP contribution in [0.2, 0.25) is 0 Å². The van der Waals surface area contributed by atoms with Crippen molar-refractivity contribution in [2.75, 3.05) is 14.1 Å². The van der Waals surface area contributed by atoms with E-state index < -0.39 is 0 Å². The number of hydrogen-bond donors (Lipinski definition) is 0. The third kappa shape index (κ3) is 3.15. The first kappa shape index (κ1) is 14.9. The van der Waals surface area contributed by atoms with Gasteiger partial charge in [-0.05, 0) is 66.1 Å². The van der Waals surface area contributed by atoms with Crippen LogP contribution in [0.15, 0.2) is 30.5 Å². The maximum absolute atomic E-state index is 5.75. The Balaban J connectivity index is 2.29. The highest BCUT2D eigenvalue weighted by molar-refractivity contribution is 5.81. The smallest absolute Gasteiger partial charge is 0.120 e. The molecule has 0 spiro atoms. The van der Waals surface area contributed by atoms with Crippen molar-refractivity contribution in [3.63, 3.8) is 0 Å². The summed E-state index contributed by atoms with van der Waals surface area (Å²) in [5.41, 5.74) is 1.38. The van der Waals surface area contributed by atoms with Crippen LogP contribution in [0.3, 0.4) is 0 Å². The van der Waals surface area contributed by atoms with Crippen LogP contribution in [-0.2, 0) is 6.54 Å². The molecular weight excluding hydrogens is 248 g/mol. The molecule has 0 unspecified atom stereocenters. The SMILES string of the molecule is CC(C)Oc1ccc2c(ccn2CC(C)(C)N(C)C)c1. The molecule has 3 nitrogen and oxygen atoms in total. The zero-order chi connectivity index (χ0) is 14.9. The molecule has 0 atom stereocenters. The van der Waals surface area contributed by atoms with Crippen LogP contribution < -0.4 is 4.74 Å². The van der Waals surface area contributed by atoms with Crippen LogP contribution in [0.5, 0.6) is 5.75 Å². The quantitative estimate of drug-likeness (QED) is 0.826. The van der Waals surface area contributed by atoms with Crippen LogP contribution in [0.4, 0.5) is 0 Å². The van der Waals surface area contributed by atoms with E-state index in [1.54, 1.807) is 0 Å². The summed E-state index contributed by atoms with van der Waals surface area (Å²) in [6.45, 7) is 9.59. The molecule has 1 aromatic heterocycles. The largest absolute Gasteiger partial charge is 0.491 e. The lowest BCUT2D eigenvalue weighted by Gasteiger charge is -2.33. The summed E-state index contributed by atoms with van der Waals surface area (Å²) < 4.78 is 8.07. The maximum Gasteiger partial charge on any atom is 0.120 e. The zero-order valence-corrected chi connectivity index (χ0v) is 13.5. The van der Waals surface area contributed by atoms with Gasteiger partial charge in [0.25, 0.3) is 0 Å². The minimum Gasteiger partial charge on any atom is -0.491 e. The van der Waals surface area contributed by atoms with Crippen molar-refractivity contribution >= 4 is 10.9 Å². The van der Waals surface area contributed by atoms with Crippen molar-refractivity contribution in [3.8, 4) is 5.75 Å². The number of aromatic nitrogens is 1. The third-order valence-corrected chi connectivity index (χ3v) is 3.88. The van der Waals surface area contributed by atoms with E-state index in [0.29, 0.717) is 0 Å². The standard InChI is InChI=1S/C17H26N2O/c1-13(2)20-15-7-8-16-14(11-15)9-10-19(16)12-17(3,4)18(5)6/h7-11,13H,12H2,1-6H3. The fourth-order valence-electron chi connectivity index (χ4n) is 2.22. The van der Waals surface area contributed by atoms with Gasteiger partial charge in [0.2, 0.25) is 0 Å². The first-order valence-corrected chi connectivity index (χ1v) is 7.22. The number of hydrogen-bond acceptors (Lipinski definition) is 2. The molecule has 0 saturated carbocycles. The fraction of sp³-hybridized carbons (Fsp3) is 0.529. The van der Waals surface area contributed by atoms with Gasteiger partial charge >= 0.3 is 0 Å². The Kier molecular flexibility index (Phi) is 4.09. The second-order valence-corrected chi connectivity index (χ2v) is 6.54. The van der Waals surface area contributed by atoms with Gasteiger partial charge in [-0.1, -0.05) is 0 Å². The Bertz CT molecular complexity index is 582. The van der Waals surface area contributed by atoms with Crippen molar-refractivity contribution in [3.05, 3.63) is 30.5 Å². The molecule has 0 bridgehead atoms. The Hall–Kier alpha value is -1.48. The van der Waals surface area contributed by atoms with Gasteiger partial charge < -0.3 is 14.2 Å². The molecule has 1 heterocycles. The molecule has 0 fully saturated rings. The molecule has 20 heavy (non-hydrogen) atoms. The van der Waals surface area contributed by atoms with Crippen molar-refractivity contribution in [1.82, 2.24) is 9.47 Å². The second kappa shape index (κ2) is 5.49. The monoisotopic (exact) mass is 274 g/mol. The number of fused-ring (bicyclic) bond motifs is 1. The number of benzene rings is 1. The molecule has 3 heteroatoms. The molecule has 0 aliphatic carbocycles. The van der Waals surface area contributed by atoms with Gasteiger partial charge in [-0.15, -0.1) is 0 Å². The van der Waals surface area contributed by atoms with E-state index in [1.165, 1.54) is 10.9 Å². The topological polar surface area (TPSA) is 17.4 Å². The molecule has 0 aliphatic rings. The number of likely N-dealkylation sites (N-methyl/N-ethyl adjacent to an activating group) is 1. The minimum atomic E-state index is 0.124. The number of rotatable bonds is 5. The minimum absolute atomic E-state index is 0.124. The summed E-state index contributed by atoms with van der Waals surface area (Å²) in [5, 5.41) is 1.23. The summed E-state index contributed by atoms with van der Waals surface area (Å²) in [5.74, 6) is 0.942. The Morgan fingerprint density at radius 3 is 2.50 bits per heavy atom. The highest BCUT2D eigenvalue weighted by Gasteiger charge is 2.21. The van der Waals surface area contributed by atoms with Crippen molar-refractivity contribution in [2.45, 2.75) is 45.9 Å². The molecule has 2 rings (SSSR count). The first-order chi connectivity index (χ1) is 9.29. The molecule has 0 N–H and O–H groups in total. The molecule has 1 aromatic carbocycles. The second-order valence-electron chi connectivity index (χ2n) is 6.54. The highest BCUT2D eigenvalue weighted by Crippen LogP contribution is 2.25. The summed E-state index contributed by atoms with van der Waals surface area (Å²) in [6.07, 6.45) is 2.37.